The lowest BCUT2D eigenvalue weighted by Crippen LogP contribution is -2.23. The lowest BCUT2D eigenvalue weighted by molar-refractivity contribution is 0.630. The first kappa shape index (κ1) is 21.0. The Labute approximate surface area is 187 Å². The third-order valence-electron chi connectivity index (χ3n) is 4.91. The number of H-pyrrole nitrogens is 1. The van der Waals surface area contributed by atoms with Crippen LogP contribution in [0.3, 0.4) is 0 Å². The normalized spacial score (nSPS) is 11.2. The Morgan fingerprint density at radius 2 is 1.59 bits per heavy atom. The molecule has 162 valence electrons. The minimum absolute atomic E-state index is 0.0239. The average Bonchev–Trinajstić information content (AvgIpc) is 3.19. The Kier molecular flexibility index (Phi) is 5.56. The van der Waals surface area contributed by atoms with Crippen molar-refractivity contribution >= 4 is 40.2 Å². The molecule has 0 aliphatic rings. The van der Waals surface area contributed by atoms with Crippen molar-refractivity contribution in [3.8, 4) is 5.69 Å². The first-order valence-electron chi connectivity index (χ1n) is 9.61. The third kappa shape index (κ3) is 3.76. The van der Waals surface area contributed by atoms with Crippen LogP contribution < -0.4 is 22.2 Å². The molecule has 0 saturated heterocycles. The SMILES string of the molecule is Cc1c(N=Nc2c(N)n(C(=S)Nc3ccccc3)[nH]c2=O)c(=O)n(-c2ccccc2)n1C. The van der Waals surface area contributed by atoms with E-state index in [1.165, 1.54) is 9.36 Å². The van der Waals surface area contributed by atoms with E-state index in [9.17, 15) is 9.59 Å². The lowest BCUT2D eigenvalue weighted by Gasteiger charge is -2.09. The molecular weight excluding hydrogens is 428 g/mol. The molecule has 0 atom stereocenters. The Bertz CT molecular complexity index is 1430. The van der Waals surface area contributed by atoms with Crippen molar-refractivity contribution in [1.82, 2.24) is 19.1 Å². The van der Waals surface area contributed by atoms with Gasteiger partial charge in [0, 0.05) is 12.7 Å². The van der Waals surface area contributed by atoms with Gasteiger partial charge in [0.05, 0.1) is 11.4 Å². The Hall–Kier alpha value is -4.25. The van der Waals surface area contributed by atoms with Crippen molar-refractivity contribution < 1.29 is 0 Å². The number of nitrogens with zero attached hydrogens (tertiary/aromatic N) is 5. The van der Waals surface area contributed by atoms with Gasteiger partial charge in [-0.15, -0.1) is 10.2 Å². The summed E-state index contributed by atoms with van der Waals surface area (Å²) < 4.78 is 4.35. The third-order valence-corrected chi connectivity index (χ3v) is 5.20. The highest BCUT2D eigenvalue weighted by Gasteiger charge is 2.18. The van der Waals surface area contributed by atoms with Crippen LogP contribution in [0.4, 0.5) is 22.9 Å². The van der Waals surface area contributed by atoms with Crippen LogP contribution in [-0.4, -0.2) is 24.3 Å². The fraction of sp³-hybridized carbons (Fsp3) is 0.0952. The molecule has 2 aromatic carbocycles. The Morgan fingerprint density at radius 1 is 1.00 bits per heavy atom. The maximum absolute atomic E-state index is 13.0. The van der Waals surface area contributed by atoms with Crippen molar-refractivity contribution in [2.75, 3.05) is 11.1 Å². The summed E-state index contributed by atoms with van der Waals surface area (Å²) >= 11 is 5.33. The summed E-state index contributed by atoms with van der Waals surface area (Å²) in [5, 5.41) is 13.7. The van der Waals surface area contributed by atoms with Crippen molar-refractivity contribution in [2.24, 2.45) is 17.3 Å². The summed E-state index contributed by atoms with van der Waals surface area (Å²) in [6.45, 7) is 1.74. The zero-order valence-corrected chi connectivity index (χ0v) is 18.1. The van der Waals surface area contributed by atoms with Crippen molar-refractivity contribution in [1.29, 1.82) is 0 Å². The summed E-state index contributed by atoms with van der Waals surface area (Å²) in [6.07, 6.45) is 0. The number of rotatable bonds is 4. The predicted molar refractivity (Wildman–Crippen MR) is 127 cm³/mol. The smallest absolute Gasteiger partial charge is 0.299 e. The Balaban J connectivity index is 1.67. The molecule has 2 heterocycles. The van der Waals surface area contributed by atoms with E-state index in [4.69, 9.17) is 18.0 Å². The maximum Gasteiger partial charge on any atom is 0.299 e. The van der Waals surface area contributed by atoms with Crippen molar-refractivity contribution in [2.45, 2.75) is 6.92 Å². The van der Waals surface area contributed by atoms with Crippen LogP contribution in [0, 0.1) is 6.92 Å². The fourth-order valence-electron chi connectivity index (χ4n) is 3.16. The monoisotopic (exact) mass is 448 g/mol. The molecule has 0 aliphatic carbocycles. The molecule has 0 unspecified atom stereocenters. The number of para-hydroxylation sites is 2. The van der Waals surface area contributed by atoms with Gasteiger partial charge < -0.3 is 11.1 Å². The van der Waals surface area contributed by atoms with Gasteiger partial charge in [0.25, 0.3) is 11.1 Å². The minimum atomic E-state index is -0.583. The zero-order chi connectivity index (χ0) is 22.8. The van der Waals surface area contributed by atoms with Gasteiger partial charge >= 0.3 is 0 Å². The van der Waals surface area contributed by atoms with E-state index in [0.29, 0.717) is 11.4 Å². The molecule has 11 heteroatoms. The summed E-state index contributed by atoms with van der Waals surface area (Å²) in [7, 11) is 1.74. The van der Waals surface area contributed by atoms with Crippen LogP contribution in [0.1, 0.15) is 5.69 Å². The number of benzene rings is 2. The second-order valence-corrected chi connectivity index (χ2v) is 7.30. The number of nitrogen functional groups attached to an aromatic ring is 1. The molecule has 10 nitrogen and oxygen atoms in total. The fourth-order valence-corrected chi connectivity index (χ4v) is 3.43. The molecule has 0 saturated carbocycles. The number of thiocarbonyl (C=S) groups is 1. The van der Waals surface area contributed by atoms with E-state index < -0.39 is 5.56 Å². The van der Waals surface area contributed by atoms with Crippen LogP contribution in [-0.2, 0) is 7.05 Å². The second kappa shape index (κ2) is 8.47. The predicted octanol–water partition coefficient (Wildman–Crippen LogP) is 3.22. The van der Waals surface area contributed by atoms with Crippen LogP contribution >= 0.6 is 12.2 Å². The molecule has 4 N–H and O–H groups in total. The Morgan fingerprint density at radius 3 is 2.25 bits per heavy atom. The number of azo groups is 1. The van der Waals surface area contributed by atoms with Gasteiger partial charge in [-0.3, -0.25) is 19.4 Å². The molecule has 2 aromatic heterocycles. The lowest BCUT2D eigenvalue weighted by atomic mass is 10.3. The topological polar surface area (TPSA) is 127 Å². The van der Waals surface area contributed by atoms with Gasteiger partial charge in [-0.05, 0) is 43.4 Å². The summed E-state index contributed by atoms with van der Waals surface area (Å²) in [6, 6.07) is 18.4. The van der Waals surface area contributed by atoms with Gasteiger partial charge in [-0.25, -0.2) is 9.36 Å². The number of aromatic nitrogens is 4. The molecule has 0 amide bonds. The highest BCUT2D eigenvalue weighted by atomic mass is 32.1. The number of aromatic amines is 1. The van der Waals surface area contributed by atoms with Crippen LogP contribution in [0.2, 0.25) is 0 Å². The molecule has 4 rings (SSSR count). The van der Waals surface area contributed by atoms with E-state index in [2.05, 4.69) is 20.6 Å². The van der Waals surface area contributed by atoms with E-state index in [0.717, 1.165) is 5.69 Å². The number of hydrogen-bond donors (Lipinski definition) is 3. The van der Waals surface area contributed by atoms with Crippen molar-refractivity contribution in [3.05, 3.63) is 87.1 Å². The maximum atomic E-state index is 13.0. The van der Waals surface area contributed by atoms with Gasteiger partial charge in [0.15, 0.2) is 22.3 Å². The van der Waals surface area contributed by atoms with Gasteiger partial charge in [-0.1, -0.05) is 36.4 Å². The molecule has 4 aromatic rings. The number of anilines is 2. The van der Waals surface area contributed by atoms with E-state index in [1.54, 1.807) is 18.7 Å². The van der Waals surface area contributed by atoms with E-state index in [-0.39, 0.29) is 27.9 Å². The average molecular weight is 449 g/mol. The van der Waals surface area contributed by atoms with Crippen LogP contribution in [0.15, 0.2) is 80.5 Å². The minimum Gasteiger partial charge on any atom is -0.382 e. The molecule has 0 aliphatic heterocycles. The van der Waals surface area contributed by atoms with Crippen LogP contribution in [0.25, 0.3) is 5.69 Å². The first-order valence-corrected chi connectivity index (χ1v) is 10.0. The summed E-state index contributed by atoms with van der Waals surface area (Å²) in [4.78, 5) is 25.4. The summed E-state index contributed by atoms with van der Waals surface area (Å²) in [5.74, 6) is -0.0239. The number of nitrogens with one attached hydrogen (secondary N) is 2. The second-order valence-electron chi connectivity index (χ2n) is 6.92. The number of hydrogen-bond acceptors (Lipinski definition) is 6. The number of nitrogens with two attached hydrogens (primary N) is 1. The van der Waals surface area contributed by atoms with E-state index >= 15 is 0 Å². The molecule has 0 radical (unpaired) electrons. The molecule has 0 bridgehead atoms. The van der Waals surface area contributed by atoms with Crippen molar-refractivity contribution in [3.63, 3.8) is 0 Å². The summed E-state index contributed by atoms with van der Waals surface area (Å²) in [5.41, 5.74) is 7.10. The molecule has 32 heavy (non-hydrogen) atoms. The molecule has 0 spiro atoms. The zero-order valence-electron chi connectivity index (χ0n) is 17.3. The van der Waals surface area contributed by atoms with Gasteiger partial charge in [-0.2, -0.15) is 0 Å². The standard InChI is InChI=1S/C21H20N8O2S/c1-13-16(20(31)29(27(13)2)15-11-7-4-8-12-15)24-25-17-18(22)28(26-19(17)30)21(32)23-14-9-5-3-6-10-14/h3-12H,22H2,1-2H3,(H,23,32)(H,26,30). The van der Waals surface area contributed by atoms with Crippen LogP contribution in [0.5, 0.6) is 0 Å². The quantitative estimate of drug-likeness (QED) is 0.326. The highest BCUT2D eigenvalue weighted by molar-refractivity contribution is 7.80. The largest absolute Gasteiger partial charge is 0.382 e. The molecule has 0 fully saturated rings. The van der Waals surface area contributed by atoms with Gasteiger partial charge in [0.2, 0.25) is 0 Å². The van der Waals surface area contributed by atoms with E-state index in [1.807, 2.05) is 60.7 Å². The van der Waals surface area contributed by atoms with Gasteiger partial charge in [0.1, 0.15) is 0 Å². The highest BCUT2D eigenvalue weighted by Crippen LogP contribution is 2.22. The first-order chi connectivity index (χ1) is 15.4. The molecular formula is C21H20N8O2S.